The molecular formula is C21H23N5O2. The first kappa shape index (κ1) is 18.2. The summed E-state index contributed by atoms with van der Waals surface area (Å²) in [5, 5.41) is 11.8. The molecule has 7 heteroatoms. The Morgan fingerprint density at radius 2 is 2.00 bits per heavy atom. The summed E-state index contributed by atoms with van der Waals surface area (Å²) in [7, 11) is 0. The van der Waals surface area contributed by atoms with Crippen molar-refractivity contribution >= 4 is 5.91 Å². The van der Waals surface area contributed by atoms with Crippen LogP contribution in [-0.4, -0.2) is 38.3 Å². The van der Waals surface area contributed by atoms with E-state index in [0.717, 1.165) is 54.3 Å². The zero-order valence-electron chi connectivity index (χ0n) is 15.8. The number of carbonyl (C=O) groups excluding carboxylic acids is 1. The Hall–Kier alpha value is -3.22. The van der Waals surface area contributed by atoms with Gasteiger partial charge in [0.2, 0.25) is 0 Å². The third-order valence-electron chi connectivity index (χ3n) is 5.00. The van der Waals surface area contributed by atoms with Gasteiger partial charge in [0.05, 0.1) is 0 Å². The highest BCUT2D eigenvalue weighted by Gasteiger charge is 2.22. The SMILES string of the molecule is Cc1ccccc1OCC(=O)NC1CCc2nnc(-c3ccncc3)n2CC1. The second kappa shape index (κ2) is 8.21. The van der Waals surface area contributed by atoms with Gasteiger partial charge in [-0.15, -0.1) is 10.2 Å². The van der Waals surface area contributed by atoms with Crippen LogP contribution in [0.2, 0.25) is 0 Å². The largest absolute Gasteiger partial charge is 0.484 e. The van der Waals surface area contributed by atoms with Crippen LogP contribution in [0.5, 0.6) is 5.75 Å². The summed E-state index contributed by atoms with van der Waals surface area (Å²) in [4.78, 5) is 16.4. The van der Waals surface area contributed by atoms with E-state index in [1.54, 1.807) is 12.4 Å². The molecule has 1 aliphatic rings. The molecule has 7 nitrogen and oxygen atoms in total. The molecule has 0 saturated carbocycles. The fourth-order valence-electron chi connectivity index (χ4n) is 3.48. The molecule has 0 bridgehead atoms. The number of hydrogen-bond donors (Lipinski definition) is 1. The third kappa shape index (κ3) is 4.03. The lowest BCUT2D eigenvalue weighted by molar-refractivity contribution is -0.123. The Labute approximate surface area is 163 Å². The van der Waals surface area contributed by atoms with Crippen LogP contribution in [0.3, 0.4) is 0 Å². The van der Waals surface area contributed by atoms with Gasteiger partial charge in [-0.1, -0.05) is 18.2 Å². The van der Waals surface area contributed by atoms with E-state index in [1.807, 2.05) is 43.3 Å². The molecule has 3 heterocycles. The van der Waals surface area contributed by atoms with Crippen molar-refractivity contribution in [1.82, 2.24) is 25.1 Å². The normalized spacial score (nSPS) is 16.1. The number of pyridine rings is 1. The monoisotopic (exact) mass is 377 g/mol. The molecule has 0 aliphatic carbocycles. The standard InChI is InChI=1S/C21H23N5O2/c1-15-4-2-3-5-18(15)28-14-20(27)23-17-6-7-19-24-25-21(26(19)13-10-17)16-8-11-22-12-9-16/h2-5,8-9,11-12,17H,6-7,10,13-14H2,1H3,(H,23,27). The minimum absolute atomic E-state index is 0.0235. The smallest absolute Gasteiger partial charge is 0.258 e. The molecule has 1 unspecified atom stereocenters. The van der Waals surface area contributed by atoms with Crippen LogP contribution in [-0.2, 0) is 17.8 Å². The van der Waals surface area contributed by atoms with E-state index in [0.29, 0.717) is 0 Å². The summed E-state index contributed by atoms with van der Waals surface area (Å²) in [6.07, 6.45) is 5.96. The molecule has 28 heavy (non-hydrogen) atoms. The summed E-state index contributed by atoms with van der Waals surface area (Å²) in [5.74, 6) is 2.46. The number of rotatable bonds is 5. The Bertz CT molecular complexity index is 954. The van der Waals surface area contributed by atoms with Crippen LogP contribution in [0.4, 0.5) is 0 Å². The Morgan fingerprint density at radius 3 is 2.82 bits per heavy atom. The number of nitrogens with zero attached hydrogens (tertiary/aromatic N) is 4. The number of carbonyl (C=O) groups is 1. The molecule has 1 N–H and O–H groups in total. The quantitative estimate of drug-likeness (QED) is 0.739. The van der Waals surface area contributed by atoms with Gasteiger partial charge in [-0.2, -0.15) is 0 Å². The van der Waals surface area contributed by atoms with Crippen molar-refractivity contribution in [2.24, 2.45) is 0 Å². The number of aromatic nitrogens is 4. The lowest BCUT2D eigenvalue weighted by Gasteiger charge is -2.17. The number of amides is 1. The predicted molar refractivity (Wildman–Crippen MR) is 105 cm³/mol. The maximum absolute atomic E-state index is 12.3. The van der Waals surface area contributed by atoms with Crippen molar-refractivity contribution in [3.05, 3.63) is 60.2 Å². The highest BCUT2D eigenvalue weighted by molar-refractivity contribution is 5.77. The first-order valence-electron chi connectivity index (χ1n) is 9.51. The number of nitrogens with one attached hydrogen (secondary N) is 1. The number of fused-ring (bicyclic) bond motifs is 1. The van der Waals surface area contributed by atoms with Crippen LogP contribution in [0, 0.1) is 6.92 Å². The first-order valence-corrected chi connectivity index (χ1v) is 9.51. The highest BCUT2D eigenvalue weighted by Crippen LogP contribution is 2.22. The van der Waals surface area contributed by atoms with E-state index in [9.17, 15) is 4.79 Å². The molecule has 0 saturated heterocycles. The number of benzene rings is 1. The van der Waals surface area contributed by atoms with E-state index in [1.165, 1.54) is 0 Å². The van der Waals surface area contributed by atoms with Crippen molar-refractivity contribution < 1.29 is 9.53 Å². The first-order chi connectivity index (χ1) is 13.7. The van der Waals surface area contributed by atoms with Crippen LogP contribution < -0.4 is 10.1 Å². The Morgan fingerprint density at radius 1 is 1.18 bits per heavy atom. The second-order valence-corrected chi connectivity index (χ2v) is 6.97. The number of hydrogen-bond acceptors (Lipinski definition) is 5. The fraction of sp³-hybridized carbons (Fsp3) is 0.333. The number of para-hydroxylation sites is 1. The summed E-state index contributed by atoms with van der Waals surface area (Å²) in [6, 6.07) is 11.7. The van der Waals surface area contributed by atoms with Crippen LogP contribution >= 0.6 is 0 Å². The molecule has 1 aromatic carbocycles. The molecule has 3 aromatic rings. The average Bonchev–Trinajstić information content (AvgIpc) is 3.03. The third-order valence-corrected chi connectivity index (χ3v) is 5.00. The summed E-state index contributed by atoms with van der Waals surface area (Å²) < 4.78 is 7.79. The van der Waals surface area contributed by atoms with Gasteiger partial charge in [0.15, 0.2) is 12.4 Å². The molecule has 144 valence electrons. The second-order valence-electron chi connectivity index (χ2n) is 6.97. The minimum Gasteiger partial charge on any atom is -0.484 e. The van der Waals surface area contributed by atoms with Gasteiger partial charge >= 0.3 is 0 Å². The summed E-state index contributed by atoms with van der Waals surface area (Å²) >= 11 is 0. The van der Waals surface area contributed by atoms with E-state index in [2.05, 4.69) is 25.1 Å². The van der Waals surface area contributed by atoms with Crippen molar-refractivity contribution in [1.29, 1.82) is 0 Å². The topological polar surface area (TPSA) is 81.9 Å². The lowest BCUT2D eigenvalue weighted by Crippen LogP contribution is -2.38. The van der Waals surface area contributed by atoms with Gasteiger partial charge in [0, 0.05) is 37.0 Å². The zero-order chi connectivity index (χ0) is 19.3. The molecule has 1 atom stereocenters. The summed E-state index contributed by atoms with van der Waals surface area (Å²) in [5.41, 5.74) is 2.02. The zero-order valence-corrected chi connectivity index (χ0v) is 15.8. The molecule has 4 rings (SSSR count). The Kier molecular flexibility index (Phi) is 5.32. The van der Waals surface area contributed by atoms with E-state index in [-0.39, 0.29) is 18.6 Å². The van der Waals surface area contributed by atoms with Crippen LogP contribution in [0.1, 0.15) is 24.2 Å². The van der Waals surface area contributed by atoms with E-state index < -0.39 is 0 Å². The van der Waals surface area contributed by atoms with Gasteiger partial charge in [-0.05, 0) is 43.5 Å². The Balaban J connectivity index is 1.35. The molecule has 0 fully saturated rings. The van der Waals surface area contributed by atoms with Gasteiger partial charge in [-0.3, -0.25) is 9.78 Å². The minimum atomic E-state index is -0.0970. The van der Waals surface area contributed by atoms with Gasteiger partial charge in [0.1, 0.15) is 11.6 Å². The molecule has 1 aliphatic heterocycles. The van der Waals surface area contributed by atoms with Crippen molar-refractivity contribution in [2.75, 3.05) is 6.61 Å². The molecule has 1 amide bonds. The molecule has 0 spiro atoms. The molecule has 2 aromatic heterocycles. The van der Waals surface area contributed by atoms with E-state index in [4.69, 9.17) is 4.74 Å². The van der Waals surface area contributed by atoms with Crippen molar-refractivity contribution in [3.8, 4) is 17.1 Å². The van der Waals surface area contributed by atoms with Gasteiger partial charge in [-0.25, -0.2) is 0 Å². The van der Waals surface area contributed by atoms with Crippen LogP contribution in [0.15, 0.2) is 48.8 Å². The number of aryl methyl sites for hydroxylation is 2. The van der Waals surface area contributed by atoms with E-state index >= 15 is 0 Å². The lowest BCUT2D eigenvalue weighted by atomic mass is 10.1. The number of ether oxygens (including phenoxy) is 1. The van der Waals surface area contributed by atoms with Crippen molar-refractivity contribution in [3.63, 3.8) is 0 Å². The summed E-state index contributed by atoms with van der Waals surface area (Å²) in [6.45, 7) is 2.76. The van der Waals surface area contributed by atoms with Crippen LogP contribution in [0.25, 0.3) is 11.4 Å². The molecule has 0 radical (unpaired) electrons. The maximum Gasteiger partial charge on any atom is 0.258 e. The average molecular weight is 377 g/mol. The maximum atomic E-state index is 12.3. The van der Waals surface area contributed by atoms with Gasteiger partial charge < -0.3 is 14.6 Å². The van der Waals surface area contributed by atoms with Gasteiger partial charge in [0.25, 0.3) is 5.91 Å². The highest BCUT2D eigenvalue weighted by atomic mass is 16.5. The predicted octanol–water partition coefficient (Wildman–Crippen LogP) is 2.55. The van der Waals surface area contributed by atoms with Crippen molar-refractivity contribution in [2.45, 2.75) is 38.8 Å². The fourth-order valence-corrected chi connectivity index (χ4v) is 3.48. The molecular weight excluding hydrogens is 354 g/mol.